The molecule has 2 aromatic heterocycles. The van der Waals surface area contributed by atoms with E-state index in [4.69, 9.17) is 0 Å². The summed E-state index contributed by atoms with van der Waals surface area (Å²) < 4.78 is 0. The number of rotatable bonds is 7. The van der Waals surface area contributed by atoms with Gasteiger partial charge in [-0.2, -0.15) is 0 Å². The molecule has 154 valence electrons. The van der Waals surface area contributed by atoms with Crippen molar-refractivity contribution in [1.82, 2.24) is 15.3 Å². The Hall–Kier alpha value is -2.76. The lowest BCUT2D eigenvalue weighted by Gasteiger charge is -2.39. The fourth-order valence-electron chi connectivity index (χ4n) is 4.12. The maximum Gasteiger partial charge on any atom is 0.270 e. The van der Waals surface area contributed by atoms with Gasteiger partial charge in [-0.25, -0.2) is 4.98 Å². The van der Waals surface area contributed by atoms with Crippen LogP contribution in [0.15, 0.2) is 36.5 Å². The molecule has 0 aliphatic heterocycles. The predicted molar refractivity (Wildman–Crippen MR) is 114 cm³/mol. The Morgan fingerprint density at radius 2 is 2.10 bits per heavy atom. The normalized spacial score (nSPS) is 21.4. The minimum Gasteiger partial charge on any atom is -0.348 e. The Morgan fingerprint density at radius 3 is 2.79 bits per heavy atom. The van der Waals surface area contributed by atoms with E-state index in [1.807, 2.05) is 38.1 Å². The van der Waals surface area contributed by atoms with Gasteiger partial charge in [0.15, 0.2) is 0 Å². The Morgan fingerprint density at radius 1 is 1.28 bits per heavy atom. The molecule has 1 aliphatic rings. The highest BCUT2D eigenvalue weighted by atomic mass is 16.2. The third kappa shape index (κ3) is 5.62. The van der Waals surface area contributed by atoms with Crippen LogP contribution in [-0.4, -0.2) is 34.9 Å². The van der Waals surface area contributed by atoms with Crippen molar-refractivity contribution in [2.24, 2.45) is 5.41 Å². The van der Waals surface area contributed by atoms with Crippen LogP contribution in [0, 0.1) is 19.3 Å². The molecule has 0 spiro atoms. The van der Waals surface area contributed by atoms with Gasteiger partial charge in [0, 0.05) is 24.0 Å². The lowest BCUT2D eigenvalue weighted by Crippen LogP contribution is -2.42. The topological polar surface area (TPSA) is 75.2 Å². The minimum absolute atomic E-state index is 0.0790. The fourth-order valence-corrected chi connectivity index (χ4v) is 4.12. The minimum atomic E-state index is -0.108. The number of hydrogen-bond acceptors (Lipinski definition) is 4. The molecule has 0 bridgehead atoms. The van der Waals surface area contributed by atoms with Gasteiger partial charge in [0.1, 0.15) is 5.69 Å². The zero-order valence-corrected chi connectivity index (χ0v) is 17.5. The van der Waals surface area contributed by atoms with Crippen molar-refractivity contribution < 1.29 is 9.59 Å². The van der Waals surface area contributed by atoms with Crippen LogP contribution in [0.1, 0.15) is 60.9 Å². The lowest BCUT2D eigenvalue weighted by molar-refractivity contribution is -0.107. The number of aryl methyl sites for hydroxylation is 2. The van der Waals surface area contributed by atoms with Crippen molar-refractivity contribution in [3.05, 3.63) is 53.6 Å². The van der Waals surface area contributed by atoms with Crippen molar-refractivity contribution in [1.29, 1.82) is 0 Å². The van der Waals surface area contributed by atoms with Gasteiger partial charge in [-0.05, 0) is 69.2 Å². The van der Waals surface area contributed by atoms with Gasteiger partial charge in [-0.3, -0.25) is 14.6 Å². The van der Waals surface area contributed by atoms with Crippen molar-refractivity contribution in [3.63, 3.8) is 0 Å². The number of carbonyl (C=O) groups excluding carboxylic acids is 2. The first kappa shape index (κ1) is 21.0. The molecule has 0 radical (unpaired) electrons. The van der Waals surface area contributed by atoms with Crippen LogP contribution in [0.4, 0.5) is 5.69 Å². The van der Waals surface area contributed by atoms with Crippen LogP contribution >= 0.6 is 0 Å². The molecule has 2 unspecified atom stereocenters. The summed E-state index contributed by atoms with van der Waals surface area (Å²) in [7, 11) is 0. The Balaban J connectivity index is 1.58. The molecule has 0 saturated heterocycles. The predicted octanol–water partition coefficient (Wildman–Crippen LogP) is 3.83. The van der Waals surface area contributed by atoms with Crippen LogP contribution in [0.5, 0.6) is 0 Å². The summed E-state index contributed by atoms with van der Waals surface area (Å²) in [6.45, 7) is 6.72. The van der Waals surface area contributed by atoms with Gasteiger partial charge < -0.3 is 10.2 Å². The first-order valence-corrected chi connectivity index (χ1v) is 10.3. The van der Waals surface area contributed by atoms with Gasteiger partial charge in [-0.15, -0.1) is 0 Å². The van der Waals surface area contributed by atoms with E-state index in [0.717, 1.165) is 55.6 Å². The number of carbonyl (C=O) groups is 2. The zero-order valence-electron chi connectivity index (χ0n) is 17.5. The summed E-state index contributed by atoms with van der Waals surface area (Å²) in [5.74, 6) is -0.108. The van der Waals surface area contributed by atoms with E-state index in [9.17, 15) is 9.59 Å². The first-order valence-electron chi connectivity index (χ1n) is 10.3. The van der Waals surface area contributed by atoms with E-state index in [2.05, 4.69) is 22.2 Å². The molecule has 29 heavy (non-hydrogen) atoms. The number of amides is 2. The summed E-state index contributed by atoms with van der Waals surface area (Å²) in [6.07, 6.45) is 7.55. The average molecular weight is 395 g/mol. The second-order valence-corrected chi connectivity index (χ2v) is 8.45. The van der Waals surface area contributed by atoms with E-state index in [1.54, 1.807) is 17.2 Å². The van der Waals surface area contributed by atoms with Crippen LogP contribution in [-0.2, 0) is 4.79 Å². The highest BCUT2D eigenvalue weighted by molar-refractivity contribution is 5.92. The largest absolute Gasteiger partial charge is 0.348 e. The van der Waals surface area contributed by atoms with Crippen LogP contribution in [0.2, 0.25) is 0 Å². The fraction of sp³-hybridized carbons (Fsp3) is 0.478. The molecule has 2 atom stereocenters. The molecule has 1 aliphatic carbocycles. The molecule has 2 heterocycles. The van der Waals surface area contributed by atoms with Gasteiger partial charge >= 0.3 is 0 Å². The third-order valence-corrected chi connectivity index (χ3v) is 5.84. The molecule has 1 fully saturated rings. The van der Waals surface area contributed by atoms with Crippen LogP contribution in [0.25, 0.3) is 0 Å². The molecule has 1 N–H and O–H groups in total. The summed E-state index contributed by atoms with van der Waals surface area (Å²) in [6, 6.07) is 9.47. The molecule has 3 rings (SSSR count). The third-order valence-electron chi connectivity index (χ3n) is 5.84. The molecular formula is C23H30N4O2. The van der Waals surface area contributed by atoms with Crippen molar-refractivity contribution in [2.75, 3.05) is 11.4 Å². The second-order valence-electron chi connectivity index (χ2n) is 8.45. The van der Waals surface area contributed by atoms with Crippen LogP contribution < -0.4 is 10.2 Å². The zero-order chi connectivity index (χ0) is 20.9. The monoisotopic (exact) mass is 394 g/mol. The standard InChI is InChI=1S/C23H30N4O2/c1-17-9-10-20(15-24-17)27(16-28)13-12-23(3)11-5-7-19(14-23)26-22(29)21-8-4-6-18(2)25-21/h4,6,8-10,15-16,19H,5,7,11-14H2,1-3H3,(H,26,29). The van der Waals surface area contributed by atoms with Gasteiger partial charge in [0.05, 0.1) is 11.9 Å². The molecule has 1 saturated carbocycles. The Bertz CT molecular complexity index is 852. The Kier molecular flexibility index (Phi) is 6.62. The molecule has 2 aromatic rings. The van der Waals surface area contributed by atoms with Gasteiger partial charge in [0.2, 0.25) is 6.41 Å². The SMILES string of the molecule is Cc1ccc(N(C=O)CCC2(C)CCCC(NC(=O)c3cccc(C)n3)C2)cn1. The van der Waals surface area contributed by atoms with E-state index in [1.165, 1.54) is 0 Å². The van der Waals surface area contributed by atoms with E-state index in [-0.39, 0.29) is 17.4 Å². The highest BCUT2D eigenvalue weighted by Crippen LogP contribution is 2.39. The van der Waals surface area contributed by atoms with Crippen LogP contribution in [0.3, 0.4) is 0 Å². The number of pyridine rings is 2. The van der Waals surface area contributed by atoms with E-state index < -0.39 is 0 Å². The van der Waals surface area contributed by atoms with Crippen molar-refractivity contribution in [3.8, 4) is 0 Å². The van der Waals surface area contributed by atoms with E-state index in [0.29, 0.717) is 12.2 Å². The average Bonchev–Trinajstić information content (AvgIpc) is 2.70. The quantitative estimate of drug-likeness (QED) is 0.724. The molecule has 6 nitrogen and oxygen atoms in total. The summed E-state index contributed by atoms with van der Waals surface area (Å²) in [5, 5.41) is 3.16. The maximum absolute atomic E-state index is 12.6. The smallest absolute Gasteiger partial charge is 0.270 e. The van der Waals surface area contributed by atoms with Crippen molar-refractivity contribution >= 4 is 18.0 Å². The number of nitrogens with zero attached hydrogens (tertiary/aromatic N) is 3. The maximum atomic E-state index is 12.6. The van der Waals surface area contributed by atoms with Crippen molar-refractivity contribution in [2.45, 2.75) is 58.9 Å². The Labute approximate surface area is 172 Å². The molecular weight excluding hydrogens is 364 g/mol. The number of hydrogen-bond donors (Lipinski definition) is 1. The lowest BCUT2D eigenvalue weighted by atomic mass is 9.71. The second kappa shape index (κ2) is 9.16. The van der Waals surface area contributed by atoms with E-state index >= 15 is 0 Å². The summed E-state index contributed by atoms with van der Waals surface area (Å²) >= 11 is 0. The number of aromatic nitrogens is 2. The number of nitrogens with one attached hydrogen (secondary N) is 1. The molecule has 6 heteroatoms. The molecule has 0 aromatic carbocycles. The summed E-state index contributed by atoms with van der Waals surface area (Å²) in [4.78, 5) is 34.5. The first-order chi connectivity index (χ1) is 13.9. The molecule has 2 amide bonds. The van der Waals surface area contributed by atoms with Gasteiger partial charge in [-0.1, -0.05) is 19.4 Å². The number of anilines is 1. The highest BCUT2D eigenvalue weighted by Gasteiger charge is 2.33. The summed E-state index contributed by atoms with van der Waals surface area (Å²) in [5.41, 5.74) is 3.14. The van der Waals surface area contributed by atoms with Gasteiger partial charge in [0.25, 0.3) is 5.91 Å².